The summed E-state index contributed by atoms with van der Waals surface area (Å²) in [6, 6.07) is 7.21. The Labute approximate surface area is 179 Å². The second-order valence-corrected chi connectivity index (χ2v) is 8.35. The topological polar surface area (TPSA) is 26.3 Å². The van der Waals surface area contributed by atoms with E-state index in [0.717, 1.165) is 0 Å². The molecule has 1 aliphatic rings. The molecule has 2 unspecified atom stereocenters. The molecule has 1 fully saturated rings. The van der Waals surface area contributed by atoms with Crippen LogP contribution in [0.4, 0.5) is 22.0 Å². The molecule has 160 valence electrons. The number of hydrogen-bond donors (Lipinski definition) is 0. The minimum absolute atomic E-state index is 0.290. The molecular formula is C21H15Cl2F5O2. The molecule has 2 nitrogen and oxygen atoms in total. The summed E-state index contributed by atoms with van der Waals surface area (Å²) < 4.78 is 72.8. The van der Waals surface area contributed by atoms with Crippen LogP contribution < -0.4 is 0 Å². The highest BCUT2D eigenvalue weighted by Crippen LogP contribution is 2.61. The smallest absolute Gasteiger partial charge is 0.397 e. The highest BCUT2D eigenvalue weighted by Gasteiger charge is 2.63. The molecule has 3 rings (SSSR count). The van der Waals surface area contributed by atoms with Crippen LogP contribution in [0.1, 0.15) is 25.0 Å². The lowest BCUT2D eigenvalue weighted by atomic mass is 10.1. The molecule has 0 spiro atoms. The van der Waals surface area contributed by atoms with E-state index in [4.69, 9.17) is 23.2 Å². The molecule has 0 saturated heterocycles. The zero-order valence-electron chi connectivity index (χ0n) is 15.7. The standard InChI is InChI=1S/C21H15Cl2F5O2/c1-20(2)13(9-14(23)10-3-5-11(22)6-4-10)16(20)19(29)30-21(27,28)12-7-8-15(24)18(26)17(12)25/h3-9,13,16H,1-2H3. The minimum atomic E-state index is -4.48. The number of rotatable bonds is 5. The van der Waals surface area contributed by atoms with Crippen molar-refractivity contribution in [1.29, 1.82) is 0 Å². The summed E-state index contributed by atoms with van der Waals surface area (Å²) in [6.07, 6.45) is -2.93. The van der Waals surface area contributed by atoms with E-state index in [2.05, 4.69) is 4.74 Å². The molecule has 0 aromatic heterocycles. The van der Waals surface area contributed by atoms with Crippen molar-refractivity contribution < 1.29 is 31.5 Å². The predicted octanol–water partition coefficient (Wildman–Crippen LogP) is 6.90. The van der Waals surface area contributed by atoms with Gasteiger partial charge < -0.3 is 4.74 Å². The Balaban J connectivity index is 1.79. The van der Waals surface area contributed by atoms with E-state index in [1.54, 1.807) is 44.2 Å². The number of allylic oxidation sites excluding steroid dienone is 1. The van der Waals surface area contributed by atoms with Gasteiger partial charge in [0.2, 0.25) is 0 Å². The number of carbonyl (C=O) groups excluding carboxylic acids is 1. The molecule has 2 atom stereocenters. The first kappa shape index (κ1) is 22.6. The summed E-state index contributed by atoms with van der Waals surface area (Å²) in [5.74, 6) is -8.66. The zero-order chi connectivity index (χ0) is 22.4. The average molecular weight is 465 g/mol. The number of hydrogen-bond acceptors (Lipinski definition) is 2. The third kappa shape index (κ3) is 4.18. The van der Waals surface area contributed by atoms with Crippen molar-refractivity contribution >= 4 is 34.2 Å². The van der Waals surface area contributed by atoms with Crippen LogP contribution in [0.25, 0.3) is 5.03 Å². The van der Waals surface area contributed by atoms with Gasteiger partial charge in [-0.1, -0.05) is 55.3 Å². The molecule has 2 aromatic carbocycles. The number of halogens is 7. The summed E-state index contributed by atoms with van der Waals surface area (Å²) in [5, 5.41) is 0.793. The van der Waals surface area contributed by atoms with Crippen molar-refractivity contribution in [1.82, 2.24) is 0 Å². The lowest BCUT2D eigenvalue weighted by Crippen LogP contribution is -2.26. The third-order valence-corrected chi connectivity index (χ3v) is 5.78. The van der Waals surface area contributed by atoms with Gasteiger partial charge in [0.05, 0.1) is 5.92 Å². The Morgan fingerprint density at radius 3 is 2.27 bits per heavy atom. The van der Waals surface area contributed by atoms with Crippen LogP contribution in [-0.4, -0.2) is 5.97 Å². The monoisotopic (exact) mass is 464 g/mol. The van der Waals surface area contributed by atoms with Crippen LogP contribution in [0.15, 0.2) is 42.5 Å². The van der Waals surface area contributed by atoms with Gasteiger partial charge in [0.15, 0.2) is 17.5 Å². The van der Waals surface area contributed by atoms with E-state index >= 15 is 0 Å². The minimum Gasteiger partial charge on any atom is -0.397 e. The summed E-state index contributed by atoms with van der Waals surface area (Å²) in [5.41, 5.74) is -1.71. The second-order valence-electron chi connectivity index (χ2n) is 7.51. The van der Waals surface area contributed by atoms with Crippen LogP contribution in [0.2, 0.25) is 5.02 Å². The number of esters is 1. The number of carbonyl (C=O) groups is 1. The molecule has 30 heavy (non-hydrogen) atoms. The number of alkyl halides is 2. The van der Waals surface area contributed by atoms with E-state index in [0.29, 0.717) is 27.8 Å². The summed E-state index contributed by atoms with van der Waals surface area (Å²) in [7, 11) is 0. The fourth-order valence-electron chi connectivity index (χ4n) is 3.30. The van der Waals surface area contributed by atoms with E-state index in [1.807, 2.05) is 0 Å². The van der Waals surface area contributed by atoms with Gasteiger partial charge in [-0.15, -0.1) is 0 Å². The lowest BCUT2D eigenvalue weighted by Gasteiger charge is -2.18. The first-order valence-corrected chi connectivity index (χ1v) is 9.49. The van der Waals surface area contributed by atoms with E-state index in [1.165, 1.54) is 0 Å². The Bertz CT molecular complexity index is 1020. The molecule has 0 aliphatic heterocycles. The predicted molar refractivity (Wildman–Crippen MR) is 102 cm³/mol. The summed E-state index contributed by atoms with van der Waals surface area (Å²) in [4.78, 5) is 12.4. The van der Waals surface area contributed by atoms with Crippen molar-refractivity contribution in [2.75, 3.05) is 0 Å². The average Bonchev–Trinajstić information content (AvgIpc) is 3.19. The van der Waals surface area contributed by atoms with Gasteiger partial charge >= 0.3 is 12.1 Å². The van der Waals surface area contributed by atoms with E-state index in [9.17, 15) is 26.7 Å². The van der Waals surface area contributed by atoms with Crippen LogP contribution in [0.3, 0.4) is 0 Å². The lowest BCUT2D eigenvalue weighted by molar-refractivity contribution is -0.243. The van der Waals surface area contributed by atoms with Gasteiger partial charge in [-0.25, -0.2) is 13.2 Å². The highest BCUT2D eigenvalue weighted by molar-refractivity contribution is 6.48. The quantitative estimate of drug-likeness (QED) is 0.273. The van der Waals surface area contributed by atoms with Gasteiger partial charge in [0.25, 0.3) is 0 Å². The second kappa shape index (κ2) is 7.85. The van der Waals surface area contributed by atoms with Crippen molar-refractivity contribution in [3.63, 3.8) is 0 Å². The van der Waals surface area contributed by atoms with Gasteiger partial charge in [-0.3, -0.25) is 4.79 Å². The molecule has 9 heteroatoms. The van der Waals surface area contributed by atoms with Gasteiger partial charge in [-0.2, -0.15) is 8.78 Å². The fourth-order valence-corrected chi connectivity index (χ4v) is 3.69. The molecular weight excluding hydrogens is 450 g/mol. The van der Waals surface area contributed by atoms with Gasteiger partial charge in [0.1, 0.15) is 5.56 Å². The first-order chi connectivity index (χ1) is 13.9. The Morgan fingerprint density at radius 2 is 1.67 bits per heavy atom. The van der Waals surface area contributed by atoms with Crippen LogP contribution in [-0.2, 0) is 15.6 Å². The SMILES string of the molecule is CC1(C)C(C=C(Cl)c2ccc(Cl)cc2)C1C(=O)OC(F)(F)c1ccc(F)c(F)c1F. The molecule has 0 N–H and O–H groups in total. The molecule has 0 heterocycles. The van der Waals surface area contributed by atoms with Gasteiger partial charge in [-0.05, 0) is 41.2 Å². The zero-order valence-corrected chi connectivity index (χ0v) is 17.2. The molecule has 1 saturated carbocycles. The Hall–Kier alpha value is -2.12. The Morgan fingerprint density at radius 1 is 1.07 bits per heavy atom. The summed E-state index contributed by atoms with van der Waals surface area (Å²) >= 11 is 12.1. The number of ether oxygens (including phenoxy) is 1. The van der Waals surface area contributed by atoms with Crippen molar-refractivity contribution in [2.45, 2.75) is 20.0 Å². The van der Waals surface area contributed by atoms with E-state index < -0.39 is 52.3 Å². The maximum absolute atomic E-state index is 14.3. The van der Waals surface area contributed by atoms with Gasteiger partial charge in [0, 0.05) is 10.1 Å². The molecule has 0 bridgehead atoms. The van der Waals surface area contributed by atoms with Crippen molar-refractivity contribution in [3.8, 4) is 0 Å². The molecule has 0 radical (unpaired) electrons. The van der Waals surface area contributed by atoms with Crippen LogP contribution >= 0.6 is 23.2 Å². The van der Waals surface area contributed by atoms with Crippen molar-refractivity contribution in [3.05, 3.63) is 76.1 Å². The Kier molecular flexibility index (Phi) is 5.91. The van der Waals surface area contributed by atoms with Crippen LogP contribution in [0, 0.1) is 34.7 Å². The first-order valence-electron chi connectivity index (χ1n) is 8.74. The highest BCUT2D eigenvalue weighted by atomic mass is 35.5. The largest absolute Gasteiger partial charge is 0.431 e. The third-order valence-electron chi connectivity index (χ3n) is 5.19. The maximum Gasteiger partial charge on any atom is 0.431 e. The summed E-state index contributed by atoms with van der Waals surface area (Å²) in [6.45, 7) is 3.31. The molecule has 2 aromatic rings. The van der Waals surface area contributed by atoms with E-state index in [-0.39, 0.29) is 0 Å². The normalized spacial score (nSPS) is 20.8. The van der Waals surface area contributed by atoms with Crippen molar-refractivity contribution in [2.24, 2.45) is 17.3 Å². The van der Waals surface area contributed by atoms with Crippen LogP contribution in [0.5, 0.6) is 0 Å². The molecule has 1 aliphatic carbocycles. The number of benzene rings is 2. The fraction of sp³-hybridized carbons (Fsp3) is 0.286. The maximum atomic E-state index is 14.3. The molecule has 0 amide bonds.